The molecule has 0 spiro atoms. The Balaban J connectivity index is 1.13. The van der Waals surface area contributed by atoms with Gasteiger partial charge in [-0.05, 0) is 56.9 Å². The summed E-state index contributed by atoms with van der Waals surface area (Å²) in [6.07, 6.45) is 11.7. The number of rotatable bonds is 6. The number of anilines is 1. The van der Waals surface area contributed by atoms with Crippen molar-refractivity contribution in [1.29, 1.82) is 0 Å². The number of ether oxygens (including phenoxy) is 2. The number of hydrogen-bond donors (Lipinski definition) is 0. The Kier molecular flexibility index (Phi) is 5.99. The third-order valence-electron chi connectivity index (χ3n) is 7.32. The molecule has 178 valence electrons. The van der Waals surface area contributed by atoms with Crippen LogP contribution in [0.15, 0.2) is 30.9 Å². The van der Waals surface area contributed by atoms with Gasteiger partial charge in [0, 0.05) is 43.2 Å². The molecule has 34 heavy (non-hydrogen) atoms. The smallest absolute Gasteiger partial charge is 0.166 e. The Hall–Kier alpha value is -2.87. The van der Waals surface area contributed by atoms with Crippen molar-refractivity contribution in [3.63, 3.8) is 0 Å². The second-order valence-electron chi connectivity index (χ2n) is 9.73. The lowest BCUT2D eigenvalue weighted by molar-refractivity contribution is 0.122. The van der Waals surface area contributed by atoms with E-state index < -0.39 is 0 Å². The number of fused-ring (bicyclic) bond motifs is 1. The van der Waals surface area contributed by atoms with Crippen LogP contribution < -0.4 is 9.64 Å². The molecule has 3 aromatic rings. The molecular formula is C26H30FN5O2. The van der Waals surface area contributed by atoms with E-state index in [2.05, 4.69) is 37.0 Å². The second kappa shape index (κ2) is 9.41. The molecule has 0 N–H and O–H groups in total. The Labute approximate surface area is 198 Å². The van der Waals surface area contributed by atoms with Gasteiger partial charge in [0.15, 0.2) is 5.82 Å². The van der Waals surface area contributed by atoms with Gasteiger partial charge in [-0.25, -0.2) is 19.3 Å². The van der Waals surface area contributed by atoms with Gasteiger partial charge in [0.1, 0.15) is 17.6 Å². The van der Waals surface area contributed by atoms with Gasteiger partial charge in [0.25, 0.3) is 0 Å². The molecule has 2 saturated carbocycles. The summed E-state index contributed by atoms with van der Waals surface area (Å²) in [5, 5.41) is 0. The summed E-state index contributed by atoms with van der Waals surface area (Å²) in [6, 6.07) is 4.19. The Morgan fingerprint density at radius 3 is 2.53 bits per heavy atom. The number of aromatic nitrogens is 4. The van der Waals surface area contributed by atoms with E-state index in [4.69, 9.17) is 9.47 Å². The maximum absolute atomic E-state index is 14.8. The summed E-state index contributed by atoms with van der Waals surface area (Å²) >= 11 is 0. The van der Waals surface area contributed by atoms with E-state index in [-0.39, 0.29) is 11.9 Å². The van der Waals surface area contributed by atoms with Crippen molar-refractivity contribution in [2.45, 2.75) is 57.0 Å². The molecule has 2 aromatic heterocycles. The van der Waals surface area contributed by atoms with Crippen LogP contribution in [0.25, 0.3) is 11.0 Å². The number of hydrogen-bond acceptors (Lipinski definition) is 7. The Morgan fingerprint density at radius 1 is 0.941 bits per heavy atom. The quantitative estimate of drug-likeness (QED) is 0.535. The van der Waals surface area contributed by atoms with Crippen LogP contribution in [0.1, 0.15) is 55.8 Å². The maximum Gasteiger partial charge on any atom is 0.166 e. The summed E-state index contributed by atoms with van der Waals surface area (Å²) in [5.74, 6) is 1.35. The van der Waals surface area contributed by atoms with Gasteiger partial charge in [-0.3, -0.25) is 4.98 Å². The molecule has 7 nitrogen and oxygen atoms in total. The average Bonchev–Trinajstić information content (AvgIpc) is 3.72. The van der Waals surface area contributed by atoms with E-state index >= 15 is 0 Å². The SMILES string of the molecule is Fc1c(CC2CCC(Oc3cc(N4CCOCC4)cc4nccnc34)CC2)ncnc1C1CC1. The molecule has 1 saturated heterocycles. The van der Waals surface area contributed by atoms with Crippen LogP contribution in [0.5, 0.6) is 5.75 Å². The molecular weight excluding hydrogens is 433 g/mol. The average molecular weight is 464 g/mol. The van der Waals surface area contributed by atoms with Crippen molar-refractivity contribution in [1.82, 2.24) is 19.9 Å². The summed E-state index contributed by atoms with van der Waals surface area (Å²) in [4.78, 5) is 19.9. The normalized spacial score (nSPS) is 23.3. The van der Waals surface area contributed by atoms with Gasteiger partial charge in [-0.15, -0.1) is 0 Å². The lowest BCUT2D eigenvalue weighted by Gasteiger charge is -2.31. The monoisotopic (exact) mass is 463 g/mol. The van der Waals surface area contributed by atoms with E-state index in [1.54, 1.807) is 12.4 Å². The maximum atomic E-state index is 14.8. The highest BCUT2D eigenvalue weighted by atomic mass is 19.1. The molecule has 0 unspecified atom stereocenters. The highest BCUT2D eigenvalue weighted by Crippen LogP contribution is 2.41. The van der Waals surface area contributed by atoms with Crippen molar-refractivity contribution in [3.05, 3.63) is 48.1 Å². The minimum absolute atomic E-state index is 0.124. The first-order chi connectivity index (χ1) is 16.7. The second-order valence-corrected chi connectivity index (χ2v) is 9.73. The number of morpholine rings is 1. The predicted octanol–water partition coefficient (Wildman–Crippen LogP) is 4.45. The molecule has 6 rings (SSSR count). The lowest BCUT2D eigenvalue weighted by atomic mass is 9.84. The largest absolute Gasteiger partial charge is 0.488 e. The van der Waals surface area contributed by atoms with E-state index in [1.165, 1.54) is 6.33 Å². The first-order valence-corrected chi connectivity index (χ1v) is 12.5. The van der Waals surface area contributed by atoms with Gasteiger partial charge in [0.05, 0.1) is 36.2 Å². The van der Waals surface area contributed by atoms with Gasteiger partial charge in [0.2, 0.25) is 0 Å². The van der Waals surface area contributed by atoms with Crippen molar-refractivity contribution in [3.8, 4) is 5.75 Å². The van der Waals surface area contributed by atoms with Crippen LogP contribution in [-0.4, -0.2) is 52.3 Å². The number of halogens is 1. The standard InChI is InChI=1S/C26H30FN5O2/c27-24-21(30-16-31-25(24)18-3-4-18)13-17-1-5-20(6-2-17)34-23-15-19(32-9-11-33-12-10-32)14-22-26(23)29-8-7-28-22/h7-8,14-18,20H,1-6,9-13H2. The van der Waals surface area contributed by atoms with Crippen LogP contribution in [0.4, 0.5) is 10.1 Å². The molecule has 1 aliphatic heterocycles. The molecule has 8 heteroatoms. The lowest BCUT2D eigenvalue weighted by Crippen LogP contribution is -2.36. The minimum atomic E-state index is -0.173. The van der Waals surface area contributed by atoms with Crippen LogP contribution in [0.3, 0.4) is 0 Å². The fourth-order valence-corrected chi connectivity index (χ4v) is 5.24. The molecule has 2 aliphatic carbocycles. The van der Waals surface area contributed by atoms with E-state index in [0.717, 1.165) is 87.3 Å². The molecule has 0 bridgehead atoms. The topological polar surface area (TPSA) is 73.3 Å². The molecule has 3 fully saturated rings. The third-order valence-corrected chi connectivity index (χ3v) is 7.32. The summed E-state index contributed by atoms with van der Waals surface area (Å²) in [5.41, 5.74) is 3.96. The van der Waals surface area contributed by atoms with Crippen molar-refractivity contribution in [2.75, 3.05) is 31.2 Å². The van der Waals surface area contributed by atoms with Crippen molar-refractivity contribution in [2.24, 2.45) is 5.92 Å². The van der Waals surface area contributed by atoms with Crippen LogP contribution in [-0.2, 0) is 11.2 Å². The Bertz CT molecular complexity index is 1160. The number of benzene rings is 1. The zero-order valence-corrected chi connectivity index (χ0v) is 19.3. The van der Waals surface area contributed by atoms with Crippen LogP contribution >= 0.6 is 0 Å². The summed E-state index contributed by atoms with van der Waals surface area (Å²) < 4.78 is 26.9. The third kappa shape index (κ3) is 4.56. The van der Waals surface area contributed by atoms with Crippen LogP contribution in [0.2, 0.25) is 0 Å². The molecule has 0 amide bonds. The first kappa shape index (κ1) is 21.6. The van der Waals surface area contributed by atoms with Crippen LogP contribution in [0, 0.1) is 11.7 Å². The summed E-state index contributed by atoms with van der Waals surface area (Å²) in [6.45, 7) is 3.18. The molecule has 3 aliphatic rings. The molecule has 0 radical (unpaired) electrons. The van der Waals surface area contributed by atoms with Gasteiger partial charge < -0.3 is 14.4 Å². The Morgan fingerprint density at radius 2 is 1.74 bits per heavy atom. The first-order valence-electron chi connectivity index (χ1n) is 12.5. The zero-order valence-electron chi connectivity index (χ0n) is 19.3. The molecule has 3 heterocycles. The molecule has 1 aromatic carbocycles. The number of nitrogens with zero attached hydrogens (tertiary/aromatic N) is 5. The van der Waals surface area contributed by atoms with E-state index in [1.807, 2.05) is 0 Å². The molecule has 0 atom stereocenters. The van der Waals surface area contributed by atoms with Gasteiger partial charge in [-0.2, -0.15) is 0 Å². The highest BCUT2D eigenvalue weighted by Gasteiger charge is 2.31. The van der Waals surface area contributed by atoms with Gasteiger partial charge in [-0.1, -0.05) is 0 Å². The van der Waals surface area contributed by atoms with Crippen molar-refractivity contribution >= 4 is 16.7 Å². The summed E-state index contributed by atoms with van der Waals surface area (Å²) in [7, 11) is 0. The van der Waals surface area contributed by atoms with Crippen molar-refractivity contribution < 1.29 is 13.9 Å². The predicted molar refractivity (Wildman–Crippen MR) is 127 cm³/mol. The fraction of sp³-hybridized carbons (Fsp3) is 0.538. The van der Waals surface area contributed by atoms with E-state index in [0.29, 0.717) is 29.6 Å². The zero-order chi connectivity index (χ0) is 22.9. The fourth-order valence-electron chi connectivity index (χ4n) is 5.24. The minimum Gasteiger partial charge on any atom is -0.488 e. The van der Waals surface area contributed by atoms with Gasteiger partial charge >= 0.3 is 0 Å². The highest BCUT2D eigenvalue weighted by molar-refractivity contribution is 5.85. The van der Waals surface area contributed by atoms with E-state index in [9.17, 15) is 4.39 Å².